The Labute approximate surface area is 115 Å². The molecular formula is C18H22O. The van der Waals surface area contributed by atoms with E-state index in [1.807, 2.05) is 12.1 Å². The lowest BCUT2D eigenvalue weighted by Gasteiger charge is -2.12. The van der Waals surface area contributed by atoms with Crippen LogP contribution in [0.2, 0.25) is 0 Å². The molecule has 1 heteroatoms. The Morgan fingerprint density at radius 3 is 2.37 bits per heavy atom. The molecule has 0 unspecified atom stereocenters. The predicted molar refractivity (Wildman–Crippen MR) is 81.9 cm³/mol. The first-order valence-electron chi connectivity index (χ1n) is 7.22. The lowest BCUT2D eigenvalue weighted by atomic mass is 9.92. The number of ketones is 1. The van der Waals surface area contributed by atoms with Crippen LogP contribution in [-0.2, 0) is 12.8 Å². The molecule has 1 nitrogen and oxygen atoms in total. The van der Waals surface area contributed by atoms with Crippen LogP contribution in [0.4, 0.5) is 0 Å². The van der Waals surface area contributed by atoms with Crippen molar-refractivity contribution in [2.24, 2.45) is 0 Å². The molecule has 0 aliphatic carbocycles. The molecule has 0 N–H and O–H groups in total. The Hall–Kier alpha value is -1.63. The van der Waals surface area contributed by atoms with Gasteiger partial charge in [0.05, 0.1) is 0 Å². The number of rotatable bonds is 5. The zero-order valence-corrected chi connectivity index (χ0v) is 12.1. The maximum absolute atomic E-state index is 11.5. The van der Waals surface area contributed by atoms with Crippen LogP contribution in [0.3, 0.4) is 0 Å². The van der Waals surface area contributed by atoms with E-state index in [-0.39, 0.29) is 5.78 Å². The highest BCUT2D eigenvalue weighted by Gasteiger charge is 2.08. The fourth-order valence-corrected chi connectivity index (χ4v) is 2.71. The number of aryl methyl sites for hydroxylation is 2. The summed E-state index contributed by atoms with van der Waals surface area (Å²) in [5.41, 5.74) is 3.74. The van der Waals surface area contributed by atoms with Gasteiger partial charge >= 0.3 is 0 Å². The van der Waals surface area contributed by atoms with Gasteiger partial charge in [0.25, 0.3) is 0 Å². The molecule has 2 rings (SSSR count). The molecule has 2 aromatic carbocycles. The van der Waals surface area contributed by atoms with Gasteiger partial charge in [0.2, 0.25) is 0 Å². The van der Waals surface area contributed by atoms with E-state index in [0.717, 1.165) is 24.8 Å². The lowest BCUT2D eigenvalue weighted by molar-refractivity contribution is 0.101. The third-order valence-electron chi connectivity index (χ3n) is 3.65. The van der Waals surface area contributed by atoms with Crippen LogP contribution in [0.25, 0.3) is 10.8 Å². The van der Waals surface area contributed by atoms with Crippen LogP contribution >= 0.6 is 0 Å². The molecule has 0 aromatic heterocycles. The van der Waals surface area contributed by atoms with Crippen LogP contribution < -0.4 is 0 Å². The molecule has 0 saturated heterocycles. The molecule has 0 atom stereocenters. The topological polar surface area (TPSA) is 17.1 Å². The van der Waals surface area contributed by atoms with Crippen molar-refractivity contribution in [2.75, 3.05) is 0 Å². The third kappa shape index (κ3) is 2.86. The fraction of sp³-hybridized carbons (Fsp3) is 0.389. The van der Waals surface area contributed by atoms with Crippen molar-refractivity contribution in [3.05, 3.63) is 47.0 Å². The average Bonchev–Trinajstić information content (AvgIpc) is 2.41. The van der Waals surface area contributed by atoms with Gasteiger partial charge in [-0.05, 0) is 47.7 Å². The Morgan fingerprint density at radius 2 is 1.74 bits per heavy atom. The van der Waals surface area contributed by atoms with Gasteiger partial charge in [-0.25, -0.2) is 0 Å². The number of hydrogen-bond acceptors (Lipinski definition) is 1. The molecule has 0 saturated carbocycles. The van der Waals surface area contributed by atoms with Gasteiger partial charge in [0.15, 0.2) is 5.78 Å². The molecule has 0 fully saturated rings. The van der Waals surface area contributed by atoms with E-state index in [1.165, 1.54) is 28.3 Å². The average molecular weight is 254 g/mol. The molecule has 2 aromatic rings. The third-order valence-corrected chi connectivity index (χ3v) is 3.65. The van der Waals surface area contributed by atoms with Gasteiger partial charge in [0.1, 0.15) is 0 Å². The fourth-order valence-electron chi connectivity index (χ4n) is 2.71. The predicted octanol–water partition coefficient (Wildman–Crippen LogP) is 4.95. The molecular weight excluding hydrogens is 232 g/mol. The van der Waals surface area contributed by atoms with Gasteiger partial charge in [-0.15, -0.1) is 0 Å². The van der Waals surface area contributed by atoms with Crippen LogP contribution in [0.5, 0.6) is 0 Å². The first-order chi connectivity index (χ1) is 9.17. The van der Waals surface area contributed by atoms with E-state index < -0.39 is 0 Å². The van der Waals surface area contributed by atoms with E-state index in [2.05, 4.69) is 32.0 Å². The number of hydrogen-bond donors (Lipinski definition) is 0. The molecule has 0 aliphatic heterocycles. The summed E-state index contributed by atoms with van der Waals surface area (Å²) >= 11 is 0. The molecule has 19 heavy (non-hydrogen) atoms. The van der Waals surface area contributed by atoms with E-state index in [0.29, 0.717) is 0 Å². The second-order valence-corrected chi connectivity index (χ2v) is 5.20. The largest absolute Gasteiger partial charge is 0.295 e. The summed E-state index contributed by atoms with van der Waals surface area (Å²) in [5.74, 6) is 0.136. The zero-order valence-electron chi connectivity index (χ0n) is 12.1. The smallest absolute Gasteiger partial charge is 0.159 e. The van der Waals surface area contributed by atoms with Gasteiger partial charge in [0, 0.05) is 5.56 Å². The maximum atomic E-state index is 11.5. The van der Waals surface area contributed by atoms with E-state index in [1.54, 1.807) is 6.92 Å². The lowest BCUT2D eigenvalue weighted by Crippen LogP contribution is -1.97. The number of carbonyl (C=O) groups is 1. The minimum Gasteiger partial charge on any atom is -0.295 e. The molecule has 0 amide bonds. The monoisotopic (exact) mass is 254 g/mol. The quantitative estimate of drug-likeness (QED) is 0.690. The Bertz CT molecular complexity index is 596. The minimum atomic E-state index is 0.136. The van der Waals surface area contributed by atoms with Crippen molar-refractivity contribution < 1.29 is 4.79 Å². The molecule has 0 radical (unpaired) electrons. The zero-order chi connectivity index (χ0) is 13.8. The van der Waals surface area contributed by atoms with E-state index in [4.69, 9.17) is 0 Å². The first-order valence-corrected chi connectivity index (χ1v) is 7.22. The van der Waals surface area contributed by atoms with Gasteiger partial charge in [-0.2, -0.15) is 0 Å². The Morgan fingerprint density at radius 1 is 1.00 bits per heavy atom. The number of Topliss-reactive ketones (excluding diaryl/α,β-unsaturated/α-hetero) is 1. The molecule has 0 heterocycles. The summed E-state index contributed by atoms with van der Waals surface area (Å²) in [7, 11) is 0. The van der Waals surface area contributed by atoms with Crippen LogP contribution in [0.1, 0.15) is 55.1 Å². The highest BCUT2D eigenvalue weighted by molar-refractivity contribution is 5.99. The standard InChI is InChI=1S/C18H22O/c1-4-6-14-8-9-16-12-15(13(3)19)10-11-18(16)17(14)7-5-2/h8-12H,4-7H2,1-3H3. The van der Waals surface area contributed by atoms with Crippen molar-refractivity contribution >= 4 is 16.6 Å². The van der Waals surface area contributed by atoms with Crippen molar-refractivity contribution in [3.63, 3.8) is 0 Å². The van der Waals surface area contributed by atoms with Crippen LogP contribution in [-0.4, -0.2) is 5.78 Å². The Kier molecular flexibility index (Phi) is 4.36. The SMILES string of the molecule is CCCc1ccc2cc(C(C)=O)ccc2c1CCC. The highest BCUT2D eigenvalue weighted by atomic mass is 16.1. The molecule has 0 spiro atoms. The summed E-state index contributed by atoms with van der Waals surface area (Å²) in [6, 6.07) is 10.5. The second kappa shape index (κ2) is 6.01. The minimum absolute atomic E-state index is 0.136. The summed E-state index contributed by atoms with van der Waals surface area (Å²) in [6.45, 7) is 6.07. The Balaban J connectivity index is 2.61. The van der Waals surface area contributed by atoms with Gasteiger partial charge in [-0.3, -0.25) is 4.79 Å². The number of fused-ring (bicyclic) bond motifs is 1. The first kappa shape index (κ1) is 13.8. The van der Waals surface area contributed by atoms with Crippen molar-refractivity contribution in [2.45, 2.75) is 46.5 Å². The van der Waals surface area contributed by atoms with E-state index in [9.17, 15) is 4.79 Å². The number of benzene rings is 2. The molecule has 0 bridgehead atoms. The maximum Gasteiger partial charge on any atom is 0.159 e. The van der Waals surface area contributed by atoms with Crippen molar-refractivity contribution in [3.8, 4) is 0 Å². The van der Waals surface area contributed by atoms with Crippen molar-refractivity contribution in [1.29, 1.82) is 0 Å². The van der Waals surface area contributed by atoms with Gasteiger partial charge < -0.3 is 0 Å². The summed E-state index contributed by atoms with van der Waals surface area (Å²) < 4.78 is 0. The molecule has 0 aliphatic rings. The van der Waals surface area contributed by atoms with Gasteiger partial charge in [-0.1, -0.05) is 51.0 Å². The van der Waals surface area contributed by atoms with Crippen LogP contribution in [0.15, 0.2) is 30.3 Å². The second-order valence-electron chi connectivity index (χ2n) is 5.20. The normalized spacial score (nSPS) is 10.9. The number of carbonyl (C=O) groups excluding carboxylic acids is 1. The molecule has 100 valence electrons. The summed E-state index contributed by atoms with van der Waals surface area (Å²) in [6.07, 6.45) is 4.59. The summed E-state index contributed by atoms with van der Waals surface area (Å²) in [5, 5.41) is 2.51. The van der Waals surface area contributed by atoms with Crippen LogP contribution in [0, 0.1) is 0 Å². The highest BCUT2D eigenvalue weighted by Crippen LogP contribution is 2.26. The van der Waals surface area contributed by atoms with E-state index >= 15 is 0 Å². The summed E-state index contributed by atoms with van der Waals surface area (Å²) in [4.78, 5) is 11.5. The van der Waals surface area contributed by atoms with Crippen molar-refractivity contribution in [1.82, 2.24) is 0 Å².